The number of anilines is 1. The number of hydrogen-bond acceptors (Lipinski definition) is 3. The van der Waals surface area contributed by atoms with Crippen LogP contribution in [0.3, 0.4) is 0 Å². The summed E-state index contributed by atoms with van der Waals surface area (Å²) in [6.45, 7) is 0.617. The minimum Gasteiger partial charge on any atom is -0.399 e. The van der Waals surface area contributed by atoms with E-state index in [-0.39, 0.29) is 30.8 Å². The summed E-state index contributed by atoms with van der Waals surface area (Å²) < 4.78 is 0. The first kappa shape index (κ1) is 20.3. The van der Waals surface area contributed by atoms with E-state index in [0.717, 1.165) is 24.1 Å². The number of hydrogen-bond donors (Lipinski definition) is 3. The third kappa shape index (κ3) is 7.68. The zero-order chi connectivity index (χ0) is 16.5. The zero-order valence-electron chi connectivity index (χ0n) is 14.1. The summed E-state index contributed by atoms with van der Waals surface area (Å²) in [5.41, 5.74) is 7.49. The van der Waals surface area contributed by atoms with Gasteiger partial charge >= 0.3 is 0 Å². The number of carbonyl (C=O) groups excluding carboxylic acids is 2. The molecule has 2 amide bonds. The quantitative estimate of drug-likeness (QED) is 0.627. The first-order valence-electron chi connectivity index (χ1n) is 8.51. The SMILES string of the molecule is Cl.Nc1ccc(CCNC(=O)CNC(=O)CCC2CCCC2)cc1. The monoisotopic (exact) mass is 353 g/mol. The Hall–Kier alpha value is -1.75. The van der Waals surface area contributed by atoms with Gasteiger partial charge in [-0.25, -0.2) is 0 Å². The van der Waals surface area contributed by atoms with Crippen LogP contribution in [0.25, 0.3) is 0 Å². The maximum atomic E-state index is 11.7. The van der Waals surface area contributed by atoms with Crippen LogP contribution in [0.2, 0.25) is 0 Å². The summed E-state index contributed by atoms with van der Waals surface area (Å²) in [5, 5.41) is 5.51. The molecule has 0 aromatic heterocycles. The summed E-state index contributed by atoms with van der Waals surface area (Å²) in [6.07, 6.45) is 7.32. The average molecular weight is 354 g/mol. The van der Waals surface area contributed by atoms with Gasteiger partial charge < -0.3 is 16.4 Å². The van der Waals surface area contributed by atoms with Crippen molar-refractivity contribution >= 4 is 29.9 Å². The molecule has 0 unspecified atom stereocenters. The predicted molar refractivity (Wildman–Crippen MR) is 99.0 cm³/mol. The van der Waals surface area contributed by atoms with E-state index in [0.29, 0.717) is 18.9 Å². The Kier molecular flexibility index (Phi) is 9.23. The van der Waals surface area contributed by atoms with Crippen LogP contribution in [-0.4, -0.2) is 24.9 Å². The lowest BCUT2D eigenvalue weighted by Crippen LogP contribution is -2.37. The van der Waals surface area contributed by atoms with Crippen LogP contribution in [0.1, 0.15) is 44.1 Å². The van der Waals surface area contributed by atoms with Gasteiger partial charge in [0.25, 0.3) is 0 Å². The summed E-state index contributed by atoms with van der Waals surface area (Å²) in [5.74, 6) is 0.537. The fourth-order valence-electron chi connectivity index (χ4n) is 2.99. The number of rotatable bonds is 8. The molecule has 0 aliphatic heterocycles. The Morgan fingerprint density at radius 1 is 1.04 bits per heavy atom. The van der Waals surface area contributed by atoms with E-state index >= 15 is 0 Å². The summed E-state index contributed by atoms with van der Waals surface area (Å²) in [6, 6.07) is 7.60. The second kappa shape index (κ2) is 10.9. The highest BCUT2D eigenvalue weighted by Gasteiger charge is 2.16. The van der Waals surface area contributed by atoms with Gasteiger partial charge in [-0.3, -0.25) is 9.59 Å². The molecule has 1 saturated carbocycles. The lowest BCUT2D eigenvalue weighted by molar-refractivity contribution is -0.126. The average Bonchev–Trinajstić information content (AvgIpc) is 3.06. The maximum Gasteiger partial charge on any atom is 0.239 e. The van der Waals surface area contributed by atoms with Crippen molar-refractivity contribution in [2.24, 2.45) is 5.92 Å². The molecule has 0 heterocycles. The van der Waals surface area contributed by atoms with E-state index in [1.54, 1.807) is 0 Å². The molecule has 1 fully saturated rings. The Morgan fingerprint density at radius 3 is 2.38 bits per heavy atom. The Bertz CT molecular complexity index is 514. The maximum absolute atomic E-state index is 11.7. The number of carbonyl (C=O) groups is 2. The van der Waals surface area contributed by atoms with E-state index < -0.39 is 0 Å². The van der Waals surface area contributed by atoms with Crippen LogP contribution in [0.4, 0.5) is 5.69 Å². The number of nitrogens with two attached hydrogens (primary N) is 1. The van der Waals surface area contributed by atoms with E-state index in [4.69, 9.17) is 5.73 Å². The number of nitrogens with one attached hydrogen (secondary N) is 2. The molecule has 0 radical (unpaired) electrons. The smallest absolute Gasteiger partial charge is 0.239 e. The van der Waals surface area contributed by atoms with Crippen LogP contribution in [0, 0.1) is 5.92 Å². The number of benzene rings is 1. The second-order valence-electron chi connectivity index (χ2n) is 6.31. The minimum absolute atomic E-state index is 0. The van der Waals surface area contributed by atoms with Crippen LogP contribution >= 0.6 is 12.4 Å². The minimum atomic E-state index is -0.144. The Balaban J connectivity index is 0.00000288. The summed E-state index contributed by atoms with van der Waals surface area (Å²) >= 11 is 0. The Labute approximate surface area is 150 Å². The third-order valence-corrected chi connectivity index (χ3v) is 4.42. The van der Waals surface area contributed by atoms with Gasteiger partial charge in [0.1, 0.15) is 0 Å². The van der Waals surface area contributed by atoms with E-state index in [2.05, 4.69) is 10.6 Å². The van der Waals surface area contributed by atoms with Gasteiger partial charge in [-0.15, -0.1) is 12.4 Å². The van der Waals surface area contributed by atoms with Crippen molar-refractivity contribution in [2.45, 2.75) is 44.9 Å². The van der Waals surface area contributed by atoms with Gasteiger partial charge in [0, 0.05) is 18.7 Å². The van der Waals surface area contributed by atoms with Gasteiger partial charge in [-0.1, -0.05) is 37.8 Å². The number of nitrogen functional groups attached to an aromatic ring is 1. The molecule has 0 saturated heterocycles. The lowest BCUT2D eigenvalue weighted by Gasteiger charge is -2.09. The molecular weight excluding hydrogens is 326 g/mol. The normalized spacial score (nSPS) is 14.0. The van der Waals surface area contributed by atoms with E-state index in [1.807, 2.05) is 24.3 Å². The van der Waals surface area contributed by atoms with Crippen LogP contribution < -0.4 is 16.4 Å². The Morgan fingerprint density at radius 2 is 1.71 bits per heavy atom. The van der Waals surface area contributed by atoms with Crippen LogP contribution in [-0.2, 0) is 16.0 Å². The molecule has 1 aromatic carbocycles. The van der Waals surface area contributed by atoms with Crippen molar-refractivity contribution in [1.29, 1.82) is 0 Å². The second-order valence-corrected chi connectivity index (χ2v) is 6.31. The van der Waals surface area contributed by atoms with Crippen molar-refractivity contribution in [2.75, 3.05) is 18.8 Å². The van der Waals surface area contributed by atoms with Gasteiger partial charge in [0.15, 0.2) is 0 Å². The van der Waals surface area contributed by atoms with Gasteiger partial charge in [0.2, 0.25) is 11.8 Å². The molecule has 5 nitrogen and oxygen atoms in total. The molecule has 1 aliphatic carbocycles. The van der Waals surface area contributed by atoms with Crippen molar-refractivity contribution in [1.82, 2.24) is 10.6 Å². The molecule has 1 aromatic rings. The third-order valence-electron chi connectivity index (χ3n) is 4.42. The lowest BCUT2D eigenvalue weighted by atomic mass is 10.0. The van der Waals surface area contributed by atoms with Crippen LogP contribution in [0.15, 0.2) is 24.3 Å². The zero-order valence-corrected chi connectivity index (χ0v) is 14.9. The largest absolute Gasteiger partial charge is 0.399 e. The fraction of sp³-hybridized carbons (Fsp3) is 0.556. The van der Waals surface area contributed by atoms with Crippen molar-refractivity contribution in [3.8, 4) is 0 Å². The van der Waals surface area contributed by atoms with Crippen molar-refractivity contribution in [3.63, 3.8) is 0 Å². The first-order valence-corrected chi connectivity index (χ1v) is 8.51. The molecule has 134 valence electrons. The van der Waals surface area contributed by atoms with E-state index in [1.165, 1.54) is 25.7 Å². The highest BCUT2D eigenvalue weighted by Crippen LogP contribution is 2.28. The summed E-state index contributed by atoms with van der Waals surface area (Å²) in [7, 11) is 0. The standard InChI is InChI=1S/C18H27N3O2.ClH/c19-16-8-5-15(6-9-16)11-12-20-18(23)13-21-17(22)10-7-14-3-1-2-4-14;/h5-6,8-9,14H,1-4,7,10-13,19H2,(H,20,23)(H,21,22);1H. The highest BCUT2D eigenvalue weighted by atomic mass is 35.5. The molecule has 24 heavy (non-hydrogen) atoms. The highest BCUT2D eigenvalue weighted by molar-refractivity contribution is 5.85. The molecular formula is C18H28ClN3O2. The molecule has 0 bridgehead atoms. The first-order chi connectivity index (χ1) is 11.1. The van der Waals surface area contributed by atoms with Gasteiger partial charge in [-0.05, 0) is 36.5 Å². The number of amides is 2. The van der Waals surface area contributed by atoms with Crippen molar-refractivity contribution < 1.29 is 9.59 Å². The molecule has 0 atom stereocenters. The topological polar surface area (TPSA) is 84.2 Å². The van der Waals surface area contributed by atoms with Crippen LogP contribution in [0.5, 0.6) is 0 Å². The molecule has 0 spiro atoms. The molecule has 4 N–H and O–H groups in total. The molecule has 2 rings (SSSR count). The summed E-state index contributed by atoms with van der Waals surface area (Å²) in [4.78, 5) is 23.4. The number of halogens is 1. The van der Waals surface area contributed by atoms with Gasteiger partial charge in [0.05, 0.1) is 6.54 Å². The fourth-order valence-corrected chi connectivity index (χ4v) is 2.99. The van der Waals surface area contributed by atoms with Gasteiger partial charge in [-0.2, -0.15) is 0 Å². The molecule has 6 heteroatoms. The predicted octanol–water partition coefficient (Wildman–Crippen LogP) is 2.44. The van der Waals surface area contributed by atoms with Crippen molar-refractivity contribution in [3.05, 3.63) is 29.8 Å². The van der Waals surface area contributed by atoms with E-state index in [9.17, 15) is 9.59 Å². The molecule has 1 aliphatic rings.